The van der Waals surface area contributed by atoms with Crippen LogP contribution in [-0.2, 0) is 4.74 Å². The quantitative estimate of drug-likeness (QED) is 0.184. The zero-order chi connectivity index (χ0) is 14.0. The highest BCUT2D eigenvalue weighted by Gasteiger charge is 2.22. The molecule has 0 fully saturated rings. The predicted molar refractivity (Wildman–Crippen MR) is 75.0 cm³/mol. The second-order valence-electron chi connectivity index (χ2n) is 5.69. The molecule has 0 aliphatic heterocycles. The number of rotatable bonds is 10. The molecular formula is C13H29N3O2. The summed E-state index contributed by atoms with van der Waals surface area (Å²) >= 11 is 0. The molecule has 0 saturated carbocycles. The van der Waals surface area contributed by atoms with Crippen molar-refractivity contribution in [3.05, 3.63) is 0 Å². The highest BCUT2D eigenvalue weighted by molar-refractivity contribution is 5.85. The van der Waals surface area contributed by atoms with E-state index in [4.69, 9.17) is 15.7 Å². The van der Waals surface area contributed by atoms with Gasteiger partial charge in [-0.3, -0.25) is 0 Å². The monoisotopic (exact) mass is 259 g/mol. The summed E-state index contributed by atoms with van der Waals surface area (Å²) in [5, 5.41) is 15.0. The van der Waals surface area contributed by atoms with Crippen LogP contribution >= 0.6 is 0 Å². The summed E-state index contributed by atoms with van der Waals surface area (Å²) in [7, 11) is 0. The van der Waals surface area contributed by atoms with Crippen LogP contribution in [0.25, 0.3) is 0 Å². The Balaban J connectivity index is 3.46. The van der Waals surface area contributed by atoms with Gasteiger partial charge in [-0.05, 0) is 25.3 Å². The van der Waals surface area contributed by atoms with E-state index in [2.05, 4.69) is 24.3 Å². The molecule has 0 bridgehead atoms. The maximum absolute atomic E-state index is 8.65. The Bertz CT molecular complexity index is 240. The molecule has 0 spiro atoms. The van der Waals surface area contributed by atoms with Gasteiger partial charge in [0, 0.05) is 18.6 Å². The maximum Gasteiger partial charge on any atom is 0.144 e. The Hall–Kier alpha value is -0.810. The summed E-state index contributed by atoms with van der Waals surface area (Å²) in [6.07, 6.45) is 1.89. The van der Waals surface area contributed by atoms with Crippen molar-refractivity contribution in [2.24, 2.45) is 22.2 Å². The van der Waals surface area contributed by atoms with Crippen LogP contribution in [0.3, 0.4) is 0 Å². The van der Waals surface area contributed by atoms with E-state index in [1.165, 1.54) is 0 Å². The third-order valence-electron chi connectivity index (χ3n) is 2.83. The third-order valence-corrected chi connectivity index (χ3v) is 2.83. The lowest BCUT2D eigenvalue weighted by Crippen LogP contribution is -2.33. The van der Waals surface area contributed by atoms with E-state index in [1.807, 2.05) is 13.8 Å². The number of oxime groups is 1. The fourth-order valence-electron chi connectivity index (χ4n) is 1.51. The number of hydrogen-bond acceptors (Lipinski definition) is 4. The van der Waals surface area contributed by atoms with Crippen molar-refractivity contribution in [1.29, 1.82) is 0 Å². The van der Waals surface area contributed by atoms with E-state index in [9.17, 15) is 0 Å². The normalized spacial score (nSPS) is 13.3. The molecule has 18 heavy (non-hydrogen) atoms. The molecule has 0 atom stereocenters. The molecule has 0 aliphatic rings. The summed E-state index contributed by atoms with van der Waals surface area (Å²) in [6.45, 7) is 11.6. The molecule has 4 N–H and O–H groups in total. The first-order chi connectivity index (χ1) is 8.40. The predicted octanol–water partition coefficient (Wildman–Crippen LogP) is 1.80. The Morgan fingerprint density at radius 3 is 2.61 bits per heavy atom. The van der Waals surface area contributed by atoms with Gasteiger partial charge in [-0.25, -0.2) is 0 Å². The molecule has 0 heterocycles. The van der Waals surface area contributed by atoms with Gasteiger partial charge in [-0.15, -0.1) is 0 Å². The summed E-state index contributed by atoms with van der Waals surface area (Å²) in [6, 6.07) is 0. The fourth-order valence-corrected chi connectivity index (χ4v) is 1.51. The molecule has 0 aromatic rings. The average Bonchev–Trinajstić information content (AvgIpc) is 2.30. The molecule has 0 aliphatic carbocycles. The minimum absolute atomic E-state index is 0.245. The van der Waals surface area contributed by atoms with Crippen molar-refractivity contribution < 1.29 is 9.94 Å². The summed E-state index contributed by atoms with van der Waals surface area (Å²) in [4.78, 5) is 0. The Morgan fingerprint density at radius 1 is 1.39 bits per heavy atom. The van der Waals surface area contributed by atoms with E-state index in [-0.39, 0.29) is 5.41 Å². The van der Waals surface area contributed by atoms with Crippen LogP contribution in [0.4, 0.5) is 0 Å². The van der Waals surface area contributed by atoms with Gasteiger partial charge in [0.1, 0.15) is 5.84 Å². The number of ether oxygens (including phenoxy) is 1. The van der Waals surface area contributed by atoms with Crippen LogP contribution in [0, 0.1) is 11.3 Å². The number of nitrogens with one attached hydrogen (secondary N) is 1. The van der Waals surface area contributed by atoms with E-state index in [0.717, 1.165) is 39.1 Å². The van der Waals surface area contributed by atoms with Gasteiger partial charge in [-0.2, -0.15) is 0 Å². The smallest absolute Gasteiger partial charge is 0.144 e. The minimum atomic E-state index is -0.245. The van der Waals surface area contributed by atoms with Crippen molar-refractivity contribution in [2.45, 2.75) is 40.5 Å². The summed E-state index contributed by atoms with van der Waals surface area (Å²) in [5.41, 5.74) is 5.37. The topological polar surface area (TPSA) is 79.9 Å². The van der Waals surface area contributed by atoms with Crippen LogP contribution in [0.15, 0.2) is 5.16 Å². The van der Waals surface area contributed by atoms with E-state index >= 15 is 0 Å². The second kappa shape index (κ2) is 9.16. The SMILES string of the molecule is CC(C)COCCNCCCC(C)(C)C(N)=NO. The molecule has 5 nitrogen and oxygen atoms in total. The van der Waals surface area contributed by atoms with Crippen molar-refractivity contribution in [3.63, 3.8) is 0 Å². The zero-order valence-corrected chi connectivity index (χ0v) is 12.2. The van der Waals surface area contributed by atoms with Gasteiger partial charge in [-0.1, -0.05) is 32.9 Å². The summed E-state index contributed by atoms with van der Waals surface area (Å²) in [5.74, 6) is 0.884. The van der Waals surface area contributed by atoms with Crippen molar-refractivity contribution in [3.8, 4) is 0 Å². The van der Waals surface area contributed by atoms with Crippen molar-refractivity contribution in [2.75, 3.05) is 26.3 Å². The molecule has 0 radical (unpaired) electrons. The van der Waals surface area contributed by atoms with Gasteiger partial charge >= 0.3 is 0 Å². The van der Waals surface area contributed by atoms with Gasteiger partial charge in [0.2, 0.25) is 0 Å². The standard InChI is InChI=1S/C13H29N3O2/c1-11(2)10-18-9-8-15-7-5-6-13(3,4)12(14)16-17/h11,15,17H,5-10H2,1-4H3,(H2,14,16). The Morgan fingerprint density at radius 2 is 2.06 bits per heavy atom. The first-order valence-electron chi connectivity index (χ1n) is 6.66. The van der Waals surface area contributed by atoms with Crippen molar-refractivity contribution in [1.82, 2.24) is 5.32 Å². The highest BCUT2D eigenvalue weighted by atomic mass is 16.5. The zero-order valence-electron chi connectivity index (χ0n) is 12.2. The third kappa shape index (κ3) is 8.31. The van der Waals surface area contributed by atoms with Crippen LogP contribution in [0.1, 0.15) is 40.5 Å². The van der Waals surface area contributed by atoms with E-state index < -0.39 is 0 Å². The molecular weight excluding hydrogens is 230 g/mol. The first-order valence-corrected chi connectivity index (χ1v) is 6.66. The van der Waals surface area contributed by atoms with Gasteiger partial charge in [0.15, 0.2) is 0 Å². The Kier molecular flexibility index (Phi) is 8.75. The van der Waals surface area contributed by atoms with Crippen LogP contribution in [0.5, 0.6) is 0 Å². The molecule has 5 heteroatoms. The van der Waals surface area contributed by atoms with Gasteiger partial charge in [0.25, 0.3) is 0 Å². The lowest BCUT2D eigenvalue weighted by atomic mass is 9.86. The van der Waals surface area contributed by atoms with Crippen LogP contribution in [-0.4, -0.2) is 37.3 Å². The molecule has 108 valence electrons. The second-order valence-corrected chi connectivity index (χ2v) is 5.69. The molecule has 0 aromatic carbocycles. The largest absolute Gasteiger partial charge is 0.409 e. The number of nitrogens with two attached hydrogens (primary N) is 1. The van der Waals surface area contributed by atoms with Crippen LogP contribution in [0.2, 0.25) is 0 Å². The molecule has 0 saturated heterocycles. The molecule has 0 amide bonds. The Labute approximate surface area is 111 Å². The van der Waals surface area contributed by atoms with Crippen molar-refractivity contribution >= 4 is 5.84 Å². The fraction of sp³-hybridized carbons (Fsp3) is 0.923. The molecule has 0 aromatic heterocycles. The molecule has 0 unspecified atom stereocenters. The van der Waals surface area contributed by atoms with Crippen LogP contribution < -0.4 is 11.1 Å². The average molecular weight is 259 g/mol. The first kappa shape index (κ1) is 17.2. The highest BCUT2D eigenvalue weighted by Crippen LogP contribution is 2.21. The summed E-state index contributed by atoms with van der Waals surface area (Å²) < 4.78 is 5.46. The number of hydrogen-bond donors (Lipinski definition) is 3. The lowest BCUT2D eigenvalue weighted by molar-refractivity contribution is 0.112. The minimum Gasteiger partial charge on any atom is -0.409 e. The van der Waals surface area contributed by atoms with E-state index in [0.29, 0.717) is 11.8 Å². The van der Waals surface area contributed by atoms with Gasteiger partial charge < -0.3 is 21.0 Å². The number of amidine groups is 1. The lowest BCUT2D eigenvalue weighted by Gasteiger charge is -2.22. The van der Waals surface area contributed by atoms with Gasteiger partial charge in [0.05, 0.1) is 6.61 Å². The molecule has 0 rings (SSSR count). The maximum atomic E-state index is 8.65. The number of nitrogens with zero attached hydrogens (tertiary/aromatic N) is 1. The van der Waals surface area contributed by atoms with E-state index in [1.54, 1.807) is 0 Å².